The molecule has 0 radical (unpaired) electrons. The summed E-state index contributed by atoms with van der Waals surface area (Å²) in [6.07, 6.45) is 4.73. The van der Waals surface area contributed by atoms with Crippen molar-refractivity contribution in [1.82, 2.24) is 0 Å². The Labute approximate surface area is 85.3 Å². The van der Waals surface area contributed by atoms with Gasteiger partial charge in [0.25, 0.3) is 0 Å². The lowest BCUT2D eigenvalue weighted by atomic mass is 9.49. The van der Waals surface area contributed by atoms with Crippen molar-refractivity contribution in [3.8, 4) is 0 Å². The van der Waals surface area contributed by atoms with Gasteiger partial charge in [0.2, 0.25) is 0 Å². The second-order valence-electron chi connectivity index (χ2n) is 5.10. The van der Waals surface area contributed by atoms with Gasteiger partial charge in [0.05, 0.1) is 0 Å². The van der Waals surface area contributed by atoms with Crippen LogP contribution in [0.25, 0.3) is 0 Å². The third kappa shape index (κ3) is 1.37. The Balaban J connectivity index is 2.00. The number of ether oxygens (including phenoxy) is 1. The Bertz CT molecular complexity index is 289. The Morgan fingerprint density at radius 2 is 2.36 bits per heavy atom. The van der Waals surface area contributed by atoms with Crippen LogP contribution in [-0.4, -0.2) is 12.6 Å². The minimum absolute atomic E-state index is 0.176. The summed E-state index contributed by atoms with van der Waals surface area (Å²) in [5.74, 6) is 1.33. The van der Waals surface area contributed by atoms with Gasteiger partial charge in [0.1, 0.15) is 6.61 Å². The minimum atomic E-state index is -0.176. The molecule has 0 amide bonds. The quantitative estimate of drug-likeness (QED) is 0.499. The smallest absolute Gasteiger partial charge is 0.302 e. The van der Waals surface area contributed by atoms with Gasteiger partial charge < -0.3 is 4.74 Å². The van der Waals surface area contributed by atoms with E-state index in [4.69, 9.17) is 4.74 Å². The van der Waals surface area contributed by atoms with Gasteiger partial charge in [-0.2, -0.15) is 0 Å². The Morgan fingerprint density at radius 1 is 1.64 bits per heavy atom. The number of carbonyl (C=O) groups is 1. The van der Waals surface area contributed by atoms with Gasteiger partial charge in [-0.3, -0.25) is 4.79 Å². The molecule has 0 unspecified atom stereocenters. The summed E-state index contributed by atoms with van der Waals surface area (Å²) in [5, 5.41) is 0. The van der Waals surface area contributed by atoms with Crippen LogP contribution in [-0.2, 0) is 9.53 Å². The molecular weight excluding hydrogens is 176 g/mol. The van der Waals surface area contributed by atoms with E-state index in [9.17, 15) is 4.79 Å². The maximum absolute atomic E-state index is 10.7. The van der Waals surface area contributed by atoms with E-state index in [1.807, 2.05) is 0 Å². The van der Waals surface area contributed by atoms with Crippen LogP contribution in [0, 0.1) is 17.3 Å². The highest BCUT2D eigenvalue weighted by molar-refractivity contribution is 5.66. The predicted octanol–water partition coefficient (Wildman–Crippen LogP) is 2.54. The van der Waals surface area contributed by atoms with Gasteiger partial charge in [0, 0.05) is 6.92 Å². The van der Waals surface area contributed by atoms with Gasteiger partial charge in [0.15, 0.2) is 0 Å². The van der Waals surface area contributed by atoms with Crippen molar-refractivity contribution in [1.29, 1.82) is 0 Å². The molecule has 78 valence electrons. The van der Waals surface area contributed by atoms with Crippen LogP contribution in [0.3, 0.4) is 0 Å². The fraction of sp³-hybridized carbons (Fsp3) is 0.750. The number of allylic oxidation sites excluding steroid dienone is 1. The van der Waals surface area contributed by atoms with E-state index in [0.717, 1.165) is 5.92 Å². The lowest BCUT2D eigenvalue weighted by Crippen LogP contribution is -2.48. The van der Waals surface area contributed by atoms with Crippen LogP contribution in [0.4, 0.5) is 0 Å². The molecule has 0 aromatic heterocycles. The second-order valence-corrected chi connectivity index (χ2v) is 5.10. The fourth-order valence-corrected chi connectivity index (χ4v) is 2.83. The van der Waals surface area contributed by atoms with E-state index >= 15 is 0 Å². The molecule has 14 heavy (non-hydrogen) atoms. The SMILES string of the molecule is CC(=O)OCC1=CC[C@@H]2C[C@@H]1C2(C)C. The average Bonchev–Trinajstić information content (AvgIpc) is 2.14. The fourth-order valence-electron chi connectivity index (χ4n) is 2.83. The highest BCUT2D eigenvalue weighted by Crippen LogP contribution is 2.59. The van der Waals surface area contributed by atoms with E-state index in [2.05, 4.69) is 19.9 Å². The maximum Gasteiger partial charge on any atom is 0.302 e. The van der Waals surface area contributed by atoms with E-state index in [1.54, 1.807) is 0 Å². The summed E-state index contributed by atoms with van der Waals surface area (Å²) < 4.78 is 5.06. The molecule has 0 aliphatic heterocycles. The van der Waals surface area contributed by atoms with Crippen LogP contribution < -0.4 is 0 Å². The molecule has 3 aliphatic carbocycles. The van der Waals surface area contributed by atoms with Gasteiger partial charge in [-0.25, -0.2) is 0 Å². The molecule has 0 aromatic rings. The minimum Gasteiger partial charge on any atom is -0.461 e. The summed E-state index contributed by atoms with van der Waals surface area (Å²) in [4.78, 5) is 10.7. The molecule has 2 heteroatoms. The number of rotatable bonds is 2. The molecule has 1 fully saturated rings. The van der Waals surface area contributed by atoms with Crippen molar-refractivity contribution in [3.63, 3.8) is 0 Å². The van der Waals surface area contributed by atoms with Crippen LogP contribution in [0.5, 0.6) is 0 Å². The molecule has 0 heterocycles. The van der Waals surface area contributed by atoms with E-state index in [1.165, 1.54) is 25.3 Å². The summed E-state index contributed by atoms with van der Waals surface area (Å²) in [6.45, 7) is 6.63. The zero-order valence-corrected chi connectivity index (χ0v) is 9.17. The average molecular weight is 194 g/mol. The predicted molar refractivity (Wildman–Crippen MR) is 54.7 cm³/mol. The summed E-state index contributed by atoms with van der Waals surface area (Å²) in [7, 11) is 0. The standard InChI is InChI=1S/C12H18O2/c1-8(13)14-7-9-4-5-10-6-11(9)12(10,2)3/h4,10-11H,5-7H2,1-3H3/t10-,11+/m1/s1. The van der Waals surface area contributed by atoms with Crippen molar-refractivity contribution < 1.29 is 9.53 Å². The second kappa shape index (κ2) is 3.11. The highest BCUT2D eigenvalue weighted by atomic mass is 16.5. The number of hydrogen-bond donors (Lipinski definition) is 0. The van der Waals surface area contributed by atoms with Crippen LogP contribution in [0.2, 0.25) is 0 Å². The Hall–Kier alpha value is -0.790. The summed E-state index contributed by atoms with van der Waals surface area (Å²) in [6, 6.07) is 0. The van der Waals surface area contributed by atoms with Crippen molar-refractivity contribution in [2.24, 2.45) is 17.3 Å². The first-order valence-corrected chi connectivity index (χ1v) is 5.34. The van der Waals surface area contributed by atoms with Gasteiger partial charge >= 0.3 is 5.97 Å². The highest BCUT2D eigenvalue weighted by Gasteiger charge is 2.51. The Morgan fingerprint density at radius 3 is 2.86 bits per heavy atom. The number of esters is 1. The molecule has 3 rings (SSSR count). The topological polar surface area (TPSA) is 26.3 Å². The third-order valence-electron chi connectivity index (χ3n) is 4.02. The van der Waals surface area contributed by atoms with Crippen molar-refractivity contribution in [3.05, 3.63) is 11.6 Å². The van der Waals surface area contributed by atoms with Crippen molar-refractivity contribution >= 4 is 5.97 Å². The largest absolute Gasteiger partial charge is 0.461 e. The van der Waals surface area contributed by atoms with E-state index in [-0.39, 0.29) is 5.97 Å². The summed E-state index contributed by atoms with van der Waals surface area (Å²) >= 11 is 0. The first-order valence-electron chi connectivity index (χ1n) is 5.34. The van der Waals surface area contributed by atoms with Crippen LogP contribution in [0.1, 0.15) is 33.6 Å². The number of fused-ring (bicyclic) bond motifs is 1. The Kier molecular flexibility index (Phi) is 2.17. The molecule has 1 saturated carbocycles. The number of carbonyl (C=O) groups excluding carboxylic acids is 1. The zero-order valence-electron chi connectivity index (χ0n) is 9.17. The van der Waals surface area contributed by atoms with Crippen LogP contribution >= 0.6 is 0 Å². The number of hydrogen-bond acceptors (Lipinski definition) is 2. The first-order chi connectivity index (χ1) is 6.51. The summed E-state index contributed by atoms with van der Waals surface area (Å²) in [5.41, 5.74) is 1.78. The van der Waals surface area contributed by atoms with E-state index in [0.29, 0.717) is 17.9 Å². The van der Waals surface area contributed by atoms with Gasteiger partial charge in [-0.1, -0.05) is 19.9 Å². The lowest BCUT2D eigenvalue weighted by Gasteiger charge is -2.56. The van der Waals surface area contributed by atoms with Gasteiger partial charge in [-0.05, 0) is 35.7 Å². The molecule has 0 N–H and O–H groups in total. The maximum atomic E-state index is 10.7. The zero-order chi connectivity index (χ0) is 10.3. The molecular formula is C12H18O2. The lowest BCUT2D eigenvalue weighted by molar-refractivity contribution is -0.140. The molecule has 0 aromatic carbocycles. The van der Waals surface area contributed by atoms with Gasteiger partial charge in [-0.15, -0.1) is 0 Å². The monoisotopic (exact) mass is 194 g/mol. The van der Waals surface area contributed by atoms with Crippen molar-refractivity contribution in [2.75, 3.05) is 6.61 Å². The molecule has 0 spiro atoms. The molecule has 2 atom stereocenters. The molecule has 2 nitrogen and oxygen atoms in total. The third-order valence-corrected chi connectivity index (χ3v) is 4.02. The van der Waals surface area contributed by atoms with E-state index < -0.39 is 0 Å². The molecule has 3 aliphatic rings. The molecule has 2 bridgehead atoms. The normalized spacial score (nSPS) is 32.9. The van der Waals surface area contributed by atoms with Crippen molar-refractivity contribution in [2.45, 2.75) is 33.6 Å². The van der Waals surface area contributed by atoms with Crippen LogP contribution in [0.15, 0.2) is 11.6 Å². The molecule has 0 saturated heterocycles. The first kappa shape index (κ1) is 9.75.